The van der Waals surface area contributed by atoms with Crippen molar-refractivity contribution in [2.45, 2.75) is 13.3 Å². The Morgan fingerprint density at radius 3 is 2.47 bits per heavy atom. The molecular weight excluding hydrogens is 261 g/mol. The fraction of sp³-hybridized carbons (Fsp3) is 0.154. The second-order valence-corrected chi connectivity index (χ2v) is 3.83. The van der Waals surface area contributed by atoms with Crippen molar-refractivity contribution in [1.82, 2.24) is 0 Å². The SMILES string of the molecule is Cc1ccc(-c2ccc(OC(F)(F)F)c(C=O)c2)o1. The molecular formula is C13H9F3O3. The lowest BCUT2D eigenvalue weighted by atomic mass is 10.1. The molecule has 0 unspecified atom stereocenters. The smallest absolute Gasteiger partial charge is 0.461 e. The van der Waals surface area contributed by atoms with Gasteiger partial charge in [-0.25, -0.2) is 0 Å². The number of hydrogen-bond donors (Lipinski definition) is 0. The van der Waals surface area contributed by atoms with Gasteiger partial charge in [0.2, 0.25) is 0 Å². The molecule has 1 aromatic heterocycles. The standard InChI is InChI=1S/C13H9F3O3/c1-8-2-4-11(18-8)9-3-5-12(10(6-9)7-17)19-13(14,15)16/h2-7H,1H3. The lowest BCUT2D eigenvalue weighted by Gasteiger charge is -2.11. The van der Waals surface area contributed by atoms with Crippen LogP contribution in [-0.2, 0) is 0 Å². The van der Waals surface area contributed by atoms with Gasteiger partial charge in [-0.2, -0.15) is 0 Å². The quantitative estimate of drug-likeness (QED) is 0.792. The molecule has 3 nitrogen and oxygen atoms in total. The largest absolute Gasteiger partial charge is 0.573 e. The number of ether oxygens (including phenoxy) is 1. The van der Waals surface area contributed by atoms with E-state index in [9.17, 15) is 18.0 Å². The molecule has 1 aromatic carbocycles. The Morgan fingerprint density at radius 2 is 1.95 bits per heavy atom. The van der Waals surface area contributed by atoms with Crippen LogP contribution in [0.5, 0.6) is 5.75 Å². The van der Waals surface area contributed by atoms with E-state index in [1.807, 2.05) is 0 Å². The van der Waals surface area contributed by atoms with Crippen LogP contribution in [0, 0.1) is 6.92 Å². The minimum Gasteiger partial charge on any atom is -0.461 e. The maximum Gasteiger partial charge on any atom is 0.573 e. The average Bonchev–Trinajstić information content (AvgIpc) is 2.74. The minimum atomic E-state index is -4.83. The van der Waals surface area contributed by atoms with E-state index in [4.69, 9.17) is 4.42 Å². The summed E-state index contributed by atoms with van der Waals surface area (Å²) in [5.41, 5.74) is 0.314. The van der Waals surface area contributed by atoms with E-state index in [0.717, 1.165) is 6.07 Å². The van der Waals surface area contributed by atoms with Gasteiger partial charge in [-0.3, -0.25) is 4.79 Å². The molecule has 0 N–H and O–H groups in total. The van der Waals surface area contributed by atoms with Gasteiger partial charge in [0.1, 0.15) is 17.3 Å². The van der Waals surface area contributed by atoms with Crippen LogP contribution in [0.25, 0.3) is 11.3 Å². The Labute approximate surface area is 106 Å². The fourth-order valence-corrected chi connectivity index (χ4v) is 1.60. The molecule has 0 aliphatic rings. The topological polar surface area (TPSA) is 39.4 Å². The normalized spacial score (nSPS) is 11.4. The Bertz CT molecular complexity index is 599. The van der Waals surface area contributed by atoms with E-state index < -0.39 is 12.1 Å². The number of furan rings is 1. The first kappa shape index (κ1) is 13.2. The number of hydrogen-bond acceptors (Lipinski definition) is 3. The van der Waals surface area contributed by atoms with Crippen molar-refractivity contribution >= 4 is 6.29 Å². The van der Waals surface area contributed by atoms with Crippen molar-refractivity contribution in [3.63, 3.8) is 0 Å². The number of rotatable bonds is 3. The molecule has 0 radical (unpaired) electrons. The highest BCUT2D eigenvalue weighted by atomic mass is 19.4. The zero-order chi connectivity index (χ0) is 14.0. The van der Waals surface area contributed by atoms with Crippen molar-refractivity contribution in [2.75, 3.05) is 0 Å². The number of aryl methyl sites for hydroxylation is 1. The van der Waals surface area contributed by atoms with E-state index in [2.05, 4.69) is 4.74 Å². The highest BCUT2D eigenvalue weighted by Gasteiger charge is 2.32. The van der Waals surface area contributed by atoms with Crippen LogP contribution in [-0.4, -0.2) is 12.6 Å². The summed E-state index contributed by atoms with van der Waals surface area (Å²) < 4.78 is 45.5. The highest BCUT2D eigenvalue weighted by Crippen LogP contribution is 2.30. The van der Waals surface area contributed by atoms with Crippen LogP contribution in [0.2, 0.25) is 0 Å². The van der Waals surface area contributed by atoms with Crippen molar-refractivity contribution in [3.8, 4) is 17.1 Å². The number of benzene rings is 1. The average molecular weight is 270 g/mol. The van der Waals surface area contributed by atoms with Gasteiger partial charge >= 0.3 is 6.36 Å². The van der Waals surface area contributed by atoms with Crippen molar-refractivity contribution in [1.29, 1.82) is 0 Å². The molecule has 2 rings (SSSR count). The highest BCUT2D eigenvalue weighted by molar-refractivity contribution is 5.82. The van der Waals surface area contributed by atoms with E-state index in [1.54, 1.807) is 19.1 Å². The molecule has 2 aromatic rings. The first-order chi connectivity index (χ1) is 8.89. The van der Waals surface area contributed by atoms with Gasteiger partial charge in [0.15, 0.2) is 6.29 Å². The van der Waals surface area contributed by atoms with Gasteiger partial charge in [0.05, 0.1) is 5.56 Å². The van der Waals surface area contributed by atoms with Gasteiger partial charge in [-0.15, -0.1) is 13.2 Å². The second-order valence-electron chi connectivity index (χ2n) is 3.83. The van der Waals surface area contributed by atoms with Crippen molar-refractivity contribution < 1.29 is 27.1 Å². The lowest BCUT2D eigenvalue weighted by molar-refractivity contribution is -0.274. The van der Waals surface area contributed by atoms with Crippen molar-refractivity contribution in [3.05, 3.63) is 41.7 Å². The minimum absolute atomic E-state index is 0.191. The van der Waals surface area contributed by atoms with Gasteiger partial charge in [0.25, 0.3) is 0 Å². The van der Waals surface area contributed by atoms with Gasteiger partial charge < -0.3 is 9.15 Å². The summed E-state index contributed by atoms with van der Waals surface area (Å²) >= 11 is 0. The maximum absolute atomic E-state index is 12.1. The third kappa shape index (κ3) is 3.15. The summed E-state index contributed by atoms with van der Waals surface area (Å²) in [5.74, 6) is 0.604. The predicted octanol–water partition coefficient (Wildman–Crippen LogP) is 3.97. The van der Waals surface area contributed by atoms with Gasteiger partial charge in [-0.1, -0.05) is 0 Å². The molecule has 0 fully saturated rings. The summed E-state index contributed by atoms with van der Waals surface area (Å²) in [6, 6.07) is 7.16. The summed E-state index contributed by atoms with van der Waals surface area (Å²) in [6.45, 7) is 1.74. The zero-order valence-corrected chi connectivity index (χ0v) is 9.82. The molecule has 0 spiro atoms. The molecule has 0 aliphatic carbocycles. The molecule has 0 bridgehead atoms. The van der Waals surface area contributed by atoms with Crippen LogP contribution in [0.15, 0.2) is 34.7 Å². The van der Waals surface area contributed by atoms with Gasteiger partial charge in [-0.05, 0) is 37.3 Å². The number of aldehydes is 1. The number of carbonyl (C=O) groups excluding carboxylic acids is 1. The Morgan fingerprint density at radius 1 is 1.21 bits per heavy atom. The fourth-order valence-electron chi connectivity index (χ4n) is 1.60. The summed E-state index contributed by atoms with van der Waals surface area (Å²) in [4.78, 5) is 10.8. The Hall–Kier alpha value is -2.24. The predicted molar refractivity (Wildman–Crippen MR) is 61.0 cm³/mol. The molecule has 0 aliphatic heterocycles. The third-order valence-corrected chi connectivity index (χ3v) is 2.39. The third-order valence-electron chi connectivity index (χ3n) is 2.39. The van der Waals surface area contributed by atoms with Crippen LogP contribution >= 0.6 is 0 Å². The summed E-state index contributed by atoms with van der Waals surface area (Å²) in [7, 11) is 0. The van der Waals surface area contributed by atoms with Gasteiger partial charge in [0, 0.05) is 5.56 Å². The molecule has 0 amide bonds. The van der Waals surface area contributed by atoms with E-state index >= 15 is 0 Å². The molecule has 0 saturated heterocycles. The second kappa shape index (κ2) is 4.79. The van der Waals surface area contributed by atoms with Crippen LogP contribution in [0.3, 0.4) is 0 Å². The van der Waals surface area contributed by atoms with Crippen LogP contribution in [0.4, 0.5) is 13.2 Å². The number of carbonyl (C=O) groups is 1. The monoisotopic (exact) mass is 270 g/mol. The number of halogens is 3. The Kier molecular flexibility index (Phi) is 3.33. The Balaban J connectivity index is 2.38. The molecule has 1 heterocycles. The van der Waals surface area contributed by atoms with Crippen LogP contribution in [0.1, 0.15) is 16.1 Å². The first-order valence-electron chi connectivity index (χ1n) is 5.31. The molecule has 0 atom stereocenters. The molecule has 6 heteroatoms. The lowest BCUT2D eigenvalue weighted by Crippen LogP contribution is -2.18. The molecule has 100 valence electrons. The number of alkyl halides is 3. The zero-order valence-electron chi connectivity index (χ0n) is 9.82. The van der Waals surface area contributed by atoms with Crippen LogP contribution < -0.4 is 4.74 Å². The molecule has 0 saturated carbocycles. The van der Waals surface area contributed by atoms with Crippen molar-refractivity contribution in [2.24, 2.45) is 0 Å². The van der Waals surface area contributed by atoms with E-state index in [0.29, 0.717) is 23.4 Å². The summed E-state index contributed by atoms with van der Waals surface area (Å²) in [5, 5.41) is 0. The first-order valence-corrected chi connectivity index (χ1v) is 5.31. The van der Waals surface area contributed by atoms with E-state index in [-0.39, 0.29) is 5.56 Å². The molecule has 19 heavy (non-hydrogen) atoms. The maximum atomic E-state index is 12.1. The summed E-state index contributed by atoms with van der Waals surface area (Å²) in [6.07, 6.45) is -4.53. The van der Waals surface area contributed by atoms with E-state index in [1.165, 1.54) is 12.1 Å².